The molecule has 0 unspecified atom stereocenters. The summed E-state index contributed by atoms with van der Waals surface area (Å²) in [7, 11) is 0. The number of hydrogen-bond acceptors (Lipinski definition) is 3. The van der Waals surface area contributed by atoms with Gasteiger partial charge in [0, 0.05) is 12.5 Å². The highest BCUT2D eigenvalue weighted by Gasteiger charge is 2.49. The van der Waals surface area contributed by atoms with Crippen molar-refractivity contribution in [2.75, 3.05) is 19.6 Å². The van der Waals surface area contributed by atoms with E-state index in [0.717, 1.165) is 50.8 Å². The van der Waals surface area contributed by atoms with Crippen LogP contribution in [0.3, 0.4) is 0 Å². The largest absolute Gasteiger partial charge is 0.335 e. The van der Waals surface area contributed by atoms with E-state index in [0.29, 0.717) is 17.7 Å². The van der Waals surface area contributed by atoms with Crippen molar-refractivity contribution in [3.8, 4) is 0 Å². The Balaban J connectivity index is 1.38. The number of hydrogen-bond donors (Lipinski definition) is 1. The molecule has 1 aromatic rings. The van der Waals surface area contributed by atoms with Gasteiger partial charge in [-0.2, -0.15) is 5.10 Å². The lowest BCUT2D eigenvalue weighted by molar-refractivity contribution is -0.134. The molecule has 1 N–H and O–H groups in total. The lowest BCUT2D eigenvalue weighted by atomic mass is 9.92. The van der Waals surface area contributed by atoms with Crippen molar-refractivity contribution in [1.82, 2.24) is 20.0 Å². The van der Waals surface area contributed by atoms with Gasteiger partial charge < -0.3 is 10.2 Å². The highest BCUT2D eigenvalue weighted by Crippen LogP contribution is 2.48. The number of carbonyl (C=O) groups is 1. The Kier molecular flexibility index (Phi) is 3.25. The van der Waals surface area contributed by atoms with Crippen LogP contribution in [0.25, 0.3) is 0 Å². The summed E-state index contributed by atoms with van der Waals surface area (Å²) in [6, 6.07) is 2.11. The van der Waals surface area contributed by atoms with E-state index in [9.17, 15) is 4.79 Å². The Labute approximate surface area is 125 Å². The summed E-state index contributed by atoms with van der Waals surface area (Å²) in [5.41, 5.74) is 2.24. The van der Waals surface area contributed by atoms with Gasteiger partial charge in [0.1, 0.15) is 0 Å². The normalized spacial score (nSPS) is 29.3. The van der Waals surface area contributed by atoms with E-state index in [1.54, 1.807) is 0 Å². The Morgan fingerprint density at radius 1 is 1.33 bits per heavy atom. The summed E-state index contributed by atoms with van der Waals surface area (Å²) in [6.07, 6.45) is 3.62. The molecule has 1 saturated heterocycles. The second-order valence-corrected chi connectivity index (χ2v) is 6.85. The second-order valence-electron chi connectivity index (χ2n) is 6.85. The third-order valence-corrected chi connectivity index (χ3v) is 5.38. The average molecular weight is 288 g/mol. The predicted octanol–water partition coefficient (Wildman–Crippen LogP) is 1.17. The molecule has 2 atom stereocenters. The first-order chi connectivity index (χ1) is 10.2. The molecular formula is C16H24N4O. The van der Waals surface area contributed by atoms with Gasteiger partial charge in [0.25, 0.3) is 0 Å². The molecule has 2 fully saturated rings. The van der Waals surface area contributed by atoms with Gasteiger partial charge in [0.2, 0.25) is 5.91 Å². The van der Waals surface area contributed by atoms with Gasteiger partial charge in [-0.05, 0) is 57.2 Å². The number of aromatic nitrogens is 2. The number of carbonyl (C=O) groups excluding carboxylic acids is 1. The van der Waals surface area contributed by atoms with Gasteiger partial charge in [-0.1, -0.05) is 0 Å². The lowest BCUT2D eigenvalue weighted by Gasteiger charge is -2.29. The molecule has 5 nitrogen and oxygen atoms in total. The molecule has 1 amide bonds. The summed E-state index contributed by atoms with van der Waals surface area (Å²) in [5, 5.41) is 7.88. The Morgan fingerprint density at radius 2 is 2.14 bits per heavy atom. The van der Waals surface area contributed by atoms with Crippen molar-refractivity contribution < 1.29 is 4.79 Å². The van der Waals surface area contributed by atoms with Crippen LogP contribution in [-0.4, -0.2) is 40.2 Å². The Hall–Kier alpha value is -1.36. The van der Waals surface area contributed by atoms with Crippen molar-refractivity contribution in [1.29, 1.82) is 0 Å². The first-order valence-corrected chi connectivity index (χ1v) is 8.25. The molecule has 114 valence electrons. The van der Waals surface area contributed by atoms with Crippen LogP contribution in [0.4, 0.5) is 0 Å². The number of aryl methyl sites for hydroxylation is 1. The molecule has 0 radical (unpaired) electrons. The molecule has 5 heteroatoms. The van der Waals surface area contributed by atoms with Crippen LogP contribution in [0.5, 0.6) is 0 Å². The van der Waals surface area contributed by atoms with Crippen LogP contribution in [0.15, 0.2) is 6.07 Å². The van der Waals surface area contributed by atoms with Crippen molar-refractivity contribution in [2.45, 2.75) is 39.3 Å². The molecule has 21 heavy (non-hydrogen) atoms. The third-order valence-electron chi connectivity index (χ3n) is 5.38. The smallest absolute Gasteiger partial charge is 0.226 e. The standard InChI is InChI=1S/C16H24N4O/c1-11-8-13-10-19(6-7-20(13)18-11)16(21)15-9-14(15)12-2-4-17-5-3-12/h8,12,14-15,17H,2-7,9-10H2,1H3/t14-,15+/m0/s1. The summed E-state index contributed by atoms with van der Waals surface area (Å²) in [6.45, 7) is 6.69. The summed E-state index contributed by atoms with van der Waals surface area (Å²) in [5.74, 6) is 2.14. The maximum Gasteiger partial charge on any atom is 0.226 e. The molecule has 4 rings (SSSR count). The minimum absolute atomic E-state index is 0.309. The van der Waals surface area contributed by atoms with Gasteiger partial charge in [0.05, 0.1) is 24.5 Å². The molecule has 0 spiro atoms. The SMILES string of the molecule is Cc1cc2n(n1)CCN(C(=O)[C@@H]1C[C@H]1C1CCNCC1)C2. The number of piperidine rings is 1. The summed E-state index contributed by atoms with van der Waals surface area (Å²) in [4.78, 5) is 14.8. The first-order valence-electron chi connectivity index (χ1n) is 8.25. The van der Waals surface area contributed by atoms with E-state index in [1.165, 1.54) is 18.5 Å². The topological polar surface area (TPSA) is 50.2 Å². The fraction of sp³-hybridized carbons (Fsp3) is 0.750. The fourth-order valence-electron chi connectivity index (χ4n) is 4.12. The maximum absolute atomic E-state index is 12.7. The highest BCUT2D eigenvalue weighted by molar-refractivity contribution is 5.81. The van der Waals surface area contributed by atoms with E-state index < -0.39 is 0 Å². The minimum atomic E-state index is 0.309. The van der Waals surface area contributed by atoms with Gasteiger partial charge in [-0.15, -0.1) is 0 Å². The van der Waals surface area contributed by atoms with Gasteiger partial charge in [-0.3, -0.25) is 9.48 Å². The van der Waals surface area contributed by atoms with Crippen molar-refractivity contribution in [3.05, 3.63) is 17.5 Å². The zero-order valence-electron chi connectivity index (χ0n) is 12.7. The van der Waals surface area contributed by atoms with Crippen molar-refractivity contribution in [3.63, 3.8) is 0 Å². The van der Waals surface area contributed by atoms with Crippen LogP contribution in [-0.2, 0) is 17.9 Å². The molecule has 0 aromatic carbocycles. The third kappa shape index (κ3) is 2.48. The van der Waals surface area contributed by atoms with Crippen molar-refractivity contribution >= 4 is 5.91 Å². The van der Waals surface area contributed by atoms with E-state index in [1.807, 2.05) is 6.92 Å². The van der Waals surface area contributed by atoms with Crippen LogP contribution in [0.2, 0.25) is 0 Å². The Bertz CT molecular complexity index is 546. The average Bonchev–Trinajstić information content (AvgIpc) is 3.22. The lowest BCUT2D eigenvalue weighted by Crippen LogP contribution is -2.40. The molecule has 0 bridgehead atoms. The molecule has 1 saturated carbocycles. The van der Waals surface area contributed by atoms with E-state index in [2.05, 4.69) is 26.1 Å². The second kappa shape index (κ2) is 5.13. The first kappa shape index (κ1) is 13.3. The number of amides is 1. The summed E-state index contributed by atoms with van der Waals surface area (Å²) >= 11 is 0. The van der Waals surface area contributed by atoms with Crippen molar-refractivity contribution in [2.24, 2.45) is 17.8 Å². The highest BCUT2D eigenvalue weighted by atomic mass is 16.2. The van der Waals surface area contributed by atoms with Crippen LogP contribution >= 0.6 is 0 Å². The predicted molar refractivity (Wildman–Crippen MR) is 79.6 cm³/mol. The van der Waals surface area contributed by atoms with E-state index in [4.69, 9.17) is 0 Å². The van der Waals surface area contributed by atoms with E-state index in [-0.39, 0.29) is 0 Å². The minimum Gasteiger partial charge on any atom is -0.335 e. The molecule has 3 aliphatic rings. The van der Waals surface area contributed by atoms with Crippen LogP contribution < -0.4 is 5.32 Å². The zero-order valence-corrected chi connectivity index (χ0v) is 12.7. The number of fused-ring (bicyclic) bond motifs is 1. The van der Waals surface area contributed by atoms with Gasteiger partial charge >= 0.3 is 0 Å². The zero-order chi connectivity index (χ0) is 14.4. The molecule has 2 aliphatic heterocycles. The molecule has 1 aromatic heterocycles. The van der Waals surface area contributed by atoms with Crippen LogP contribution in [0, 0.1) is 24.7 Å². The number of rotatable bonds is 2. The molecule has 3 heterocycles. The fourth-order valence-corrected chi connectivity index (χ4v) is 4.12. The maximum atomic E-state index is 12.7. The van der Waals surface area contributed by atoms with Crippen LogP contribution in [0.1, 0.15) is 30.7 Å². The number of nitrogens with one attached hydrogen (secondary N) is 1. The molecule has 1 aliphatic carbocycles. The van der Waals surface area contributed by atoms with E-state index >= 15 is 0 Å². The molecular weight excluding hydrogens is 264 g/mol. The van der Waals surface area contributed by atoms with Gasteiger partial charge in [-0.25, -0.2) is 0 Å². The number of nitrogens with zero attached hydrogens (tertiary/aromatic N) is 3. The van der Waals surface area contributed by atoms with Gasteiger partial charge in [0.15, 0.2) is 0 Å². The monoisotopic (exact) mass is 288 g/mol. The quantitative estimate of drug-likeness (QED) is 0.889. The Morgan fingerprint density at radius 3 is 2.95 bits per heavy atom. The summed E-state index contributed by atoms with van der Waals surface area (Å²) < 4.78 is 2.05.